The lowest BCUT2D eigenvalue weighted by Gasteiger charge is -2.35. The first kappa shape index (κ1) is 24.2. The smallest absolute Gasteiger partial charge is 0.334 e. The van der Waals surface area contributed by atoms with Gasteiger partial charge in [0.15, 0.2) is 5.78 Å². The van der Waals surface area contributed by atoms with Crippen LogP contribution in [0, 0.1) is 11.8 Å². The fraction of sp³-hybridized carbons (Fsp3) is 0.233. The van der Waals surface area contributed by atoms with Gasteiger partial charge < -0.3 is 9.64 Å². The summed E-state index contributed by atoms with van der Waals surface area (Å²) in [5, 5.41) is 0. The zero-order chi connectivity index (χ0) is 25.4. The van der Waals surface area contributed by atoms with Gasteiger partial charge in [0.1, 0.15) is 0 Å². The standard InChI is InChI=1S/C30H26BrNO4/c1-3-36-28(34)23-16-19(2)30(26(23)27(33)21-12-8-5-9-13-21)24-15-14-22(31)17-25(24)32(29(30)35)18-20-10-6-4-7-11-20/h4-17,19,26H,3,18H2,1-2H3/t19-,26-,30-/m0/s1. The van der Waals surface area contributed by atoms with Gasteiger partial charge in [0.2, 0.25) is 5.91 Å². The molecule has 3 aromatic rings. The molecule has 0 saturated heterocycles. The van der Waals surface area contributed by atoms with Crippen LogP contribution in [0.5, 0.6) is 0 Å². The Balaban J connectivity index is 1.71. The van der Waals surface area contributed by atoms with Crippen LogP contribution in [-0.4, -0.2) is 24.3 Å². The van der Waals surface area contributed by atoms with Gasteiger partial charge in [-0.3, -0.25) is 9.59 Å². The minimum absolute atomic E-state index is 0.182. The highest BCUT2D eigenvalue weighted by atomic mass is 79.9. The predicted molar refractivity (Wildman–Crippen MR) is 142 cm³/mol. The maximum Gasteiger partial charge on any atom is 0.334 e. The summed E-state index contributed by atoms with van der Waals surface area (Å²) in [4.78, 5) is 43.6. The number of halogens is 1. The molecule has 0 N–H and O–H groups in total. The average molecular weight is 544 g/mol. The molecule has 0 bridgehead atoms. The van der Waals surface area contributed by atoms with Crippen molar-refractivity contribution >= 4 is 39.3 Å². The number of ether oxygens (including phenoxy) is 1. The summed E-state index contributed by atoms with van der Waals surface area (Å²) in [5.41, 5.74) is 1.93. The van der Waals surface area contributed by atoms with Crippen molar-refractivity contribution in [2.45, 2.75) is 25.8 Å². The summed E-state index contributed by atoms with van der Waals surface area (Å²) in [6.45, 7) is 4.18. The van der Waals surface area contributed by atoms with Crippen molar-refractivity contribution in [2.75, 3.05) is 11.5 Å². The maximum atomic E-state index is 14.6. The molecule has 3 aromatic carbocycles. The van der Waals surface area contributed by atoms with Gasteiger partial charge in [-0.15, -0.1) is 0 Å². The first-order valence-corrected chi connectivity index (χ1v) is 12.8. The van der Waals surface area contributed by atoms with Crippen molar-refractivity contribution in [1.82, 2.24) is 0 Å². The summed E-state index contributed by atoms with van der Waals surface area (Å²) in [6.07, 6.45) is 1.76. The van der Waals surface area contributed by atoms with Crippen molar-refractivity contribution in [1.29, 1.82) is 0 Å². The highest BCUT2D eigenvalue weighted by molar-refractivity contribution is 9.10. The van der Waals surface area contributed by atoms with Crippen molar-refractivity contribution in [3.63, 3.8) is 0 Å². The van der Waals surface area contributed by atoms with Crippen LogP contribution in [0.15, 0.2) is 95.0 Å². The summed E-state index contributed by atoms with van der Waals surface area (Å²) in [5.74, 6) is -2.40. The number of hydrogen-bond acceptors (Lipinski definition) is 4. The summed E-state index contributed by atoms with van der Waals surface area (Å²) >= 11 is 3.55. The normalized spacial score (nSPS) is 22.5. The first-order valence-electron chi connectivity index (χ1n) is 12.0. The average Bonchev–Trinajstić information content (AvgIpc) is 3.32. The lowest BCUT2D eigenvalue weighted by molar-refractivity contribution is -0.139. The second-order valence-corrected chi connectivity index (χ2v) is 10.1. The number of nitrogens with zero attached hydrogens (tertiary/aromatic N) is 1. The van der Waals surface area contributed by atoms with Gasteiger partial charge >= 0.3 is 5.97 Å². The fourth-order valence-corrected chi connectivity index (χ4v) is 6.04. The number of allylic oxidation sites excluding steroid dienone is 1. The molecule has 3 atom stereocenters. The van der Waals surface area contributed by atoms with Gasteiger partial charge in [0, 0.05) is 21.3 Å². The van der Waals surface area contributed by atoms with Crippen LogP contribution >= 0.6 is 15.9 Å². The molecule has 0 saturated carbocycles. The minimum Gasteiger partial charge on any atom is -0.463 e. The predicted octanol–water partition coefficient (Wildman–Crippen LogP) is 5.87. The summed E-state index contributed by atoms with van der Waals surface area (Å²) in [7, 11) is 0. The number of benzene rings is 3. The first-order chi connectivity index (χ1) is 17.4. The molecular weight excluding hydrogens is 518 g/mol. The van der Waals surface area contributed by atoms with Crippen LogP contribution < -0.4 is 4.90 Å². The molecule has 1 spiro atoms. The molecule has 6 heteroatoms. The number of Topliss-reactive ketones (excluding diaryl/α,β-unsaturated/α-hetero) is 1. The monoisotopic (exact) mass is 543 g/mol. The maximum absolute atomic E-state index is 14.6. The fourth-order valence-electron chi connectivity index (χ4n) is 5.69. The minimum atomic E-state index is -1.25. The Hall–Kier alpha value is -3.51. The lowest BCUT2D eigenvalue weighted by Crippen LogP contribution is -2.50. The van der Waals surface area contributed by atoms with Gasteiger partial charge in [-0.25, -0.2) is 4.79 Å². The SMILES string of the molecule is CCOC(=O)C1=C[C@H](C)[C@@]2(C(=O)N(Cc3ccccc3)c3cc(Br)ccc32)[C@@H]1C(=O)c1ccccc1. The van der Waals surface area contributed by atoms with Gasteiger partial charge in [-0.05, 0) is 36.1 Å². The van der Waals surface area contributed by atoms with Crippen LogP contribution in [0.25, 0.3) is 0 Å². The molecule has 0 fully saturated rings. The van der Waals surface area contributed by atoms with E-state index in [1.54, 1.807) is 42.2 Å². The third kappa shape index (κ3) is 3.71. The largest absolute Gasteiger partial charge is 0.463 e. The molecule has 5 nitrogen and oxygen atoms in total. The summed E-state index contributed by atoms with van der Waals surface area (Å²) in [6, 6.07) is 24.3. The third-order valence-electron chi connectivity index (χ3n) is 7.22. The number of esters is 1. The zero-order valence-electron chi connectivity index (χ0n) is 20.1. The molecule has 0 unspecified atom stereocenters. The van der Waals surface area contributed by atoms with Gasteiger partial charge in [-0.2, -0.15) is 0 Å². The van der Waals surface area contributed by atoms with Crippen LogP contribution in [-0.2, 0) is 26.3 Å². The topological polar surface area (TPSA) is 63.7 Å². The second kappa shape index (κ2) is 9.51. The molecule has 0 radical (unpaired) electrons. The molecule has 182 valence electrons. The van der Waals surface area contributed by atoms with Crippen molar-refractivity contribution < 1.29 is 19.1 Å². The van der Waals surface area contributed by atoms with Crippen LogP contribution in [0.1, 0.15) is 35.3 Å². The van der Waals surface area contributed by atoms with E-state index in [1.165, 1.54) is 0 Å². The molecule has 36 heavy (non-hydrogen) atoms. The Morgan fingerprint density at radius 1 is 1.00 bits per heavy atom. The van der Waals surface area contributed by atoms with E-state index in [2.05, 4.69) is 15.9 Å². The number of carbonyl (C=O) groups excluding carboxylic acids is 3. The van der Waals surface area contributed by atoms with E-state index in [0.29, 0.717) is 12.1 Å². The zero-order valence-corrected chi connectivity index (χ0v) is 21.7. The van der Waals surface area contributed by atoms with E-state index < -0.39 is 23.2 Å². The number of amides is 1. The molecular formula is C30H26BrNO4. The van der Waals surface area contributed by atoms with Crippen LogP contribution in [0.4, 0.5) is 5.69 Å². The molecule has 0 aromatic heterocycles. The third-order valence-corrected chi connectivity index (χ3v) is 7.72. The molecule has 1 amide bonds. The van der Waals surface area contributed by atoms with Gasteiger partial charge in [0.25, 0.3) is 0 Å². The Morgan fingerprint density at radius 3 is 2.33 bits per heavy atom. The Morgan fingerprint density at radius 2 is 1.67 bits per heavy atom. The number of fused-ring (bicyclic) bond motifs is 2. The number of carbonyl (C=O) groups is 3. The Bertz CT molecular complexity index is 1370. The van der Waals surface area contributed by atoms with Crippen molar-refractivity contribution in [2.24, 2.45) is 11.8 Å². The molecule has 1 heterocycles. The quantitative estimate of drug-likeness (QED) is 0.288. The van der Waals surface area contributed by atoms with Crippen LogP contribution in [0.3, 0.4) is 0 Å². The van der Waals surface area contributed by atoms with E-state index in [-0.39, 0.29) is 23.9 Å². The van der Waals surface area contributed by atoms with Gasteiger partial charge in [0.05, 0.1) is 24.5 Å². The van der Waals surface area contributed by atoms with E-state index in [4.69, 9.17) is 4.74 Å². The number of rotatable bonds is 6. The number of anilines is 1. The van der Waals surface area contributed by atoms with Crippen molar-refractivity contribution in [3.8, 4) is 0 Å². The van der Waals surface area contributed by atoms with E-state index in [0.717, 1.165) is 21.3 Å². The molecule has 5 rings (SSSR count). The highest BCUT2D eigenvalue weighted by Crippen LogP contribution is 2.58. The Kier molecular flexibility index (Phi) is 6.39. The number of ketones is 1. The van der Waals surface area contributed by atoms with E-state index in [9.17, 15) is 14.4 Å². The molecule has 1 aliphatic heterocycles. The van der Waals surface area contributed by atoms with Gasteiger partial charge in [-0.1, -0.05) is 95.7 Å². The molecule has 1 aliphatic carbocycles. The number of hydrogen-bond donors (Lipinski definition) is 0. The highest BCUT2D eigenvalue weighted by Gasteiger charge is 2.64. The molecule has 2 aliphatic rings. The summed E-state index contributed by atoms with van der Waals surface area (Å²) < 4.78 is 6.20. The van der Waals surface area contributed by atoms with E-state index >= 15 is 0 Å². The van der Waals surface area contributed by atoms with Crippen molar-refractivity contribution in [3.05, 3.63) is 112 Å². The Labute approximate surface area is 218 Å². The second-order valence-electron chi connectivity index (χ2n) is 9.20. The van der Waals surface area contributed by atoms with Crippen LogP contribution in [0.2, 0.25) is 0 Å². The van der Waals surface area contributed by atoms with E-state index in [1.807, 2.05) is 61.5 Å². The lowest BCUT2D eigenvalue weighted by atomic mass is 9.64.